The van der Waals surface area contributed by atoms with Crippen LogP contribution in [-0.2, 0) is 9.53 Å². The Balaban J connectivity index is 1.35. The van der Waals surface area contributed by atoms with Crippen LogP contribution in [0.2, 0.25) is 0 Å². The first-order chi connectivity index (χ1) is 15.0. The first-order valence-corrected chi connectivity index (χ1v) is 10.9. The molecule has 2 aliphatic rings. The van der Waals surface area contributed by atoms with E-state index in [9.17, 15) is 4.79 Å². The van der Waals surface area contributed by atoms with Gasteiger partial charge in [0.2, 0.25) is 0 Å². The molecule has 2 fully saturated rings. The molecule has 8 heteroatoms. The number of ether oxygens (including phenoxy) is 1. The number of piperazine rings is 1. The number of carbonyl (C=O) groups is 1. The van der Waals surface area contributed by atoms with Crippen LogP contribution in [0.3, 0.4) is 0 Å². The maximum atomic E-state index is 11.6. The van der Waals surface area contributed by atoms with Gasteiger partial charge in [-0.15, -0.1) is 0 Å². The smallest absolute Gasteiger partial charge is 0.308 e. The number of likely N-dealkylation sites (N-methyl/N-ethyl adjacent to an activating group) is 1. The Morgan fingerprint density at radius 3 is 2.77 bits per heavy atom. The fraction of sp³-hybridized carbons (Fsp3) is 0.478. The standard InChI is InChI=1S/C23H28N6O2/c1-15-13-28(7-6-27(15)2)18-4-5-20-21(10-18)26-22(12-24-20)17-11-25-29(14-17)19-8-16(9-19)23(30)31-3/h4-5,10-12,14-16,19H,6-9,13H2,1-3H3/t15-,16?,19?/m1/s1. The number of benzene rings is 1. The van der Waals surface area contributed by atoms with Gasteiger partial charge in [-0.25, -0.2) is 4.98 Å². The summed E-state index contributed by atoms with van der Waals surface area (Å²) in [5, 5.41) is 4.50. The van der Waals surface area contributed by atoms with Gasteiger partial charge in [0.25, 0.3) is 0 Å². The monoisotopic (exact) mass is 420 g/mol. The number of hydrogen-bond donors (Lipinski definition) is 0. The minimum absolute atomic E-state index is 0.0150. The zero-order chi connectivity index (χ0) is 21.5. The van der Waals surface area contributed by atoms with Gasteiger partial charge < -0.3 is 14.5 Å². The van der Waals surface area contributed by atoms with Crippen LogP contribution >= 0.6 is 0 Å². The third-order valence-corrected chi connectivity index (χ3v) is 6.77. The first-order valence-electron chi connectivity index (χ1n) is 10.9. The van der Waals surface area contributed by atoms with Crippen LogP contribution in [0, 0.1) is 5.92 Å². The number of rotatable bonds is 4. The SMILES string of the molecule is COC(=O)C1CC(n2cc(-c3cnc4ccc(N5CCN(C)[C@H](C)C5)cc4n3)cn2)C1. The van der Waals surface area contributed by atoms with Gasteiger partial charge >= 0.3 is 5.97 Å². The van der Waals surface area contributed by atoms with Crippen molar-refractivity contribution in [3.63, 3.8) is 0 Å². The molecule has 0 N–H and O–H groups in total. The van der Waals surface area contributed by atoms with Gasteiger partial charge in [-0.05, 0) is 45.0 Å². The van der Waals surface area contributed by atoms with Gasteiger partial charge in [-0.1, -0.05) is 0 Å². The summed E-state index contributed by atoms with van der Waals surface area (Å²) in [4.78, 5) is 25.9. The second-order valence-electron chi connectivity index (χ2n) is 8.76. The lowest BCUT2D eigenvalue weighted by atomic mass is 9.80. The summed E-state index contributed by atoms with van der Waals surface area (Å²) >= 11 is 0. The number of hydrogen-bond acceptors (Lipinski definition) is 7. The summed E-state index contributed by atoms with van der Waals surface area (Å²) < 4.78 is 6.76. The minimum atomic E-state index is -0.130. The number of esters is 1. The fourth-order valence-corrected chi connectivity index (χ4v) is 4.45. The molecule has 0 unspecified atom stereocenters. The van der Waals surface area contributed by atoms with E-state index in [0.29, 0.717) is 6.04 Å². The summed E-state index contributed by atoms with van der Waals surface area (Å²) in [6.07, 6.45) is 7.17. The lowest BCUT2D eigenvalue weighted by molar-refractivity contribution is -0.149. The molecule has 1 atom stereocenters. The Labute approximate surface area is 181 Å². The summed E-state index contributed by atoms with van der Waals surface area (Å²) in [5.41, 5.74) is 4.73. The Kier molecular flexibility index (Phi) is 5.09. The molecule has 5 rings (SSSR count). The molecule has 0 bridgehead atoms. The fourth-order valence-electron chi connectivity index (χ4n) is 4.45. The highest BCUT2D eigenvalue weighted by Gasteiger charge is 2.36. The second-order valence-corrected chi connectivity index (χ2v) is 8.76. The lowest BCUT2D eigenvalue weighted by Gasteiger charge is -2.39. The average Bonchev–Trinajstić information content (AvgIpc) is 3.23. The molecule has 162 valence electrons. The summed E-state index contributed by atoms with van der Waals surface area (Å²) in [7, 11) is 3.62. The molecule has 1 saturated carbocycles. The van der Waals surface area contributed by atoms with Crippen LogP contribution in [-0.4, -0.2) is 70.5 Å². The molecule has 1 aliphatic carbocycles. The Bertz CT molecular complexity index is 1110. The lowest BCUT2D eigenvalue weighted by Crippen LogP contribution is -2.50. The maximum Gasteiger partial charge on any atom is 0.308 e. The first kappa shape index (κ1) is 19.9. The van der Waals surface area contributed by atoms with E-state index in [2.05, 4.69) is 52.1 Å². The van der Waals surface area contributed by atoms with Gasteiger partial charge in [0.05, 0.1) is 48.2 Å². The van der Waals surface area contributed by atoms with Crippen LogP contribution < -0.4 is 4.90 Å². The molecule has 1 aromatic carbocycles. The highest BCUT2D eigenvalue weighted by Crippen LogP contribution is 2.38. The normalized spacial score (nSPS) is 24.2. The predicted octanol–water partition coefficient (Wildman–Crippen LogP) is 2.76. The second kappa shape index (κ2) is 7.92. The van der Waals surface area contributed by atoms with Crippen molar-refractivity contribution in [2.24, 2.45) is 5.92 Å². The van der Waals surface area contributed by atoms with E-state index < -0.39 is 0 Å². The molecule has 8 nitrogen and oxygen atoms in total. The summed E-state index contributed by atoms with van der Waals surface area (Å²) in [5.74, 6) is -0.145. The molecule has 1 aliphatic heterocycles. The molecular formula is C23H28N6O2. The van der Waals surface area contributed by atoms with Crippen molar-refractivity contribution in [2.75, 3.05) is 38.7 Å². The molecular weight excluding hydrogens is 392 g/mol. The van der Waals surface area contributed by atoms with Crippen LogP contribution in [0.1, 0.15) is 25.8 Å². The molecule has 0 spiro atoms. The van der Waals surface area contributed by atoms with E-state index in [-0.39, 0.29) is 17.9 Å². The van der Waals surface area contributed by atoms with Crippen molar-refractivity contribution >= 4 is 22.7 Å². The van der Waals surface area contributed by atoms with Crippen molar-refractivity contribution in [2.45, 2.75) is 31.8 Å². The minimum Gasteiger partial charge on any atom is -0.469 e. The largest absolute Gasteiger partial charge is 0.469 e. The van der Waals surface area contributed by atoms with Crippen molar-refractivity contribution in [3.8, 4) is 11.3 Å². The third kappa shape index (κ3) is 3.76. The highest BCUT2D eigenvalue weighted by molar-refractivity contribution is 5.81. The Morgan fingerprint density at radius 2 is 2.00 bits per heavy atom. The van der Waals surface area contributed by atoms with E-state index in [1.807, 2.05) is 17.1 Å². The Morgan fingerprint density at radius 1 is 1.16 bits per heavy atom. The zero-order valence-corrected chi connectivity index (χ0v) is 18.2. The van der Waals surface area contributed by atoms with Gasteiger partial charge in [-0.2, -0.15) is 5.10 Å². The van der Waals surface area contributed by atoms with Crippen LogP contribution in [0.25, 0.3) is 22.3 Å². The van der Waals surface area contributed by atoms with E-state index in [1.54, 1.807) is 6.20 Å². The molecule has 1 saturated heterocycles. The predicted molar refractivity (Wildman–Crippen MR) is 119 cm³/mol. The number of anilines is 1. The van der Waals surface area contributed by atoms with Crippen LogP contribution in [0.5, 0.6) is 0 Å². The molecule has 0 amide bonds. The summed E-state index contributed by atoms with van der Waals surface area (Å²) in [6, 6.07) is 7.09. The van der Waals surface area contributed by atoms with E-state index in [0.717, 1.165) is 54.8 Å². The number of carbonyl (C=O) groups excluding carboxylic acids is 1. The van der Waals surface area contributed by atoms with Gasteiger partial charge in [0, 0.05) is 43.1 Å². The number of aromatic nitrogens is 4. The molecule has 3 heterocycles. The zero-order valence-electron chi connectivity index (χ0n) is 18.2. The topological polar surface area (TPSA) is 76.4 Å². The van der Waals surface area contributed by atoms with Crippen molar-refractivity contribution in [3.05, 3.63) is 36.8 Å². The van der Waals surface area contributed by atoms with E-state index in [4.69, 9.17) is 9.72 Å². The quantitative estimate of drug-likeness (QED) is 0.601. The number of methoxy groups -OCH3 is 1. The molecule has 31 heavy (non-hydrogen) atoms. The molecule has 2 aromatic heterocycles. The van der Waals surface area contributed by atoms with Crippen molar-refractivity contribution < 1.29 is 9.53 Å². The third-order valence-electron chi connectivity index (χ3n) is 6.77. The number of nitrogens with zero attached hydrogens (tertiary/aromatic N) is 6. The van der Waals surface area contributed by atoms with Crippen LogP contribution in [0.4, 0.5) is 5.69 Å². The number of fused-ring (bicyclic) bond motifs is 1. The van der Waals surface area contributed by atoms with Gasteiger partial charge in [0.1, 0.15) is 0 Å². The molecule has 3 aromatic rings. The van der Waals surface area contributed by atoms with Crippen molar-refractivity contribution in [1.29, 1.82) is 0 Å². The van der Waals surface area contributed by atoms with E-state index >= 15 is 0 Å². The molecule has 0 radical (unpaired) electrons. The van der Waals surface area contributed by atoms with Crippen LogP contribution in [0.15, 0.2) is 36.8 Å². The highest BCUT2D eigenvalue weighted by atomic mass is 16.5. The van der Waals surface area contributed by atoms with Crippen molar-refractivity contribution in [1.82, 2.24) is 24.6 Å². The van der Waals surface area contributed by atoms with E-state index in [1.165, 1.54) is 12.8 Å². The van der Waals surface area contributed by atoms with Gasteiger partial charge in [-0.3, -0.25) is 14.5 Å². The van der Waals surface area contributed by atoms with Gasteiger partial charge in [0.15, 0.2) is 0 Å². The average molecular weight is 421 g/mol. The summed E-state index contributed by atoms with van der Waals surface area (Å²) in [6.45, 7) is 5.34. The maximum absolute atomic E-state index is 11.6. The Hall–Kier alpha value is -3.00.